The van der Waals surface area contributed by atoms with E-state index in [1.807, 2.05) is 18.2 Å². The first kappa shape index (κ1) is 12.0. The van der Waals surface area contributed by atoms with E-state index in [1.165, 1.54) is 0 Å². The van der Waals surface area contributed by atoms with Crippen molar-refractivity contribution in [1.82, 2.24) is 0 Å². The zero-order valence-electron chi connectivity index (χ0n) is 10.0. The number of hydrogen-bond acceptors (Lipinski definition) is 5. The van der Waals surface area contributed by atoms with Gasteiger partial charge in [0.25, 0.3) is 0 Å². The van der Waals surface area contributed by atoms with Crippen molar-refractivity contribution in [3.8, 4) is 5.75 Å². The van der Waals surface area contributed by atoms with E-state index in [-0.39, 0.29) is 6.79 Å². The third-order valence-electron chi connectivity index (χ3n) is 2.69. The van der Waals surface area contributed by atoms with Crippen LogP contribution in [0.5, 0.6) is 5.75 Å². The minimum Gasteiger partial charge on any atom is -0.467 e. The smallest absolute Gasteiger partial charge is 0.188 e. The van der Waals surface area contributed by atoms with Gasteiger partial charge < -0.3 is 24.8 Å². The molecule has 0 radical (unpaired) electrons. The van der Waals surface area contributed by atoms with Crippen LogP contribution in [-0.4, -0.2) is 40.2 Å². The van der Waals surface area contributed by atoms with Gasteiger partial charge in [-0.25, -0.2) is 0 Å². The SMILES string of the molecule is COCOc1ccc(N2CCOCC2)c(N)c1. The molecule has 1 fully saturated rings. The van der Waals surface area contributed by atoms with Gasteiger partial charge >= 0.3 is 0 Å². The largest absolute Gasteiger partial charge is 0.467 e. The van der Waals surface area contributed by atoms with Crippen LogP contribution in [0.1, 0.15) is 0 Å². The van der Waals surface area contributed by atoms with Crippen molar-refractivity contribution in [1.29, 1.82) is 0 Å². The predicted molar refractivity (Wildman–Crippen MR) is 66.4 cm³/mol. The molecule has 0 unspecified atom stereocenters. The molecule has 2 rings (SSSR count). The molecule has 0 spiro atoms. The molecular formula is C12H18N2O3. The maximum Gasteiger partial charge on any atom is 0.188 e. The molecule has 0 amide bonds. The Morgan fingerprint density at radius 2 is 2.12 bits per heavy atom. The molecule has 17 heavy (non-hydrogen) atoms. The minimum absolute atomic E-state index is 0.232. The van der Waals surface area contributed by atoms with Crippen LogP contribution in [0.2, 0.25) is 0 Å². The van der Waals surface area contributed by atoms with Crippen LogP contribution in [0.3, 0.4) is 0 Å². The number of morpholine rings is 1. The van der Waals surface area contributed by atoms with Crippen molar-refractivity contribution in [2.75, 3.05) is 50.8 Å². The number of hydrogen-bond donors (Lipinski definition) is 1. The third-order valence-corrected chi connectivity index (χ3v) is 2.69. The van der Waals surface area contributed by atoms with Crippen LogP contribution in [0, 0.1) is 0 Å². The maximum atomic E-state index is 6.02. The first-order valence-electron chi connectivity index (χ1n) is 5.65. The molecule has 0 aliphatic carbocycles. The molecule has 1 heterocycles. The highest BCUT2D eigenvalue weighted by Gasteiger charge is 2.13. The lowest BCUT2D eigenvalue weighted by Crippen LogP contribution is -2.36. The van der Waals surface area contributed by atoms with Gasteiger partial charge in [-0.3, -0.25) is 0 Å². The van der Waals surface area contributed by atoms with Crippen molar-refractivity contribution in [3.63, 3.8) is 0 Å². The van der Waals surface area contributed by atoms with Gasteiger partial charge in [-0.15, -0.1) is 0 Å². The maximum absolute atomic E-state index is 6.02. The zero-order valence-corrected chi connectivity index (χ0v) is 10.0. The van der Waals surface area contributed by atoms with Crippen molar-refractivity contribution in [3.05, 3.63) is 18.2 Å². The Morgan fingerprint density at radius 1 is 1.35 bits per heavy atom. The summed E-state index contributed by atoms with van der Waals surface area (Å²) < 4.78 is 15.5. The predicted octanol–water partition coefficient (Wildman–Crippen LogP) is 1.09. The standard InChI is InChI=1S/C12H18N2O3/c1-15-9-17-10-2-3-12(11(13)8-10)14-4-6-16-7-5-14/h2-3,8H,4-7,9,13H2,1H3. The van der Waals surface area contributed by atoms with Crippen LogP contribution in [0.4, 0.5) is 11.4 Å². The Bertz CT molecular complexity index is 365. The number of benzene rings is 1. The quantitative estimate of drug-likeness (QED) is 0.628. The van der Waals surface area contributed by atoms with Gasteiger partial charge in [0.2, 0.25) is 0 Å². The summed E-state index contributed by atoms with van der Waals surface area (Å²) in [6.45, 7) is 3.49. The van der Waals surface area contributed by atoms with E-state index in [1.54, 1.807) is 7.11 Å². The molecule has 1 aromatic rings. The van der Waals surface area contributed by atoms with E-state index in [2.05, 4.69) is 4.90 Å². The summed E-state index contributed by atoms with van der Waals surface area (Å²) in [6, 6.07) is 5.70. The Balaban J connectivity index is 2.07. The lowest BCUT2D eigenvalue weighted by atomic mass is 10.2. The van der Waals surface area contributed by atoms with Gasteiger partial charge in [-0.05, 0) is 12.1 Å². The van der Waals surface area contributed by atoms with Gasteiger partial charge in [0.05, 0.1) is 24.6 Å². The normalized spacial score (nSPS) is 15.9. The van der Waals surface area contributed by atoms with Crippen molar-refractivity contribution >= 4 is 11.4 Å². The Hall–Kier alpha value is -1.46. The van der Waals surface area contributed by atoms with Crippen molar-refractivity contribution < 1.29 is 14.2 Å². The number of rotatable bonds is 4. The molecule has 1 saturated heterocycles. The molecule has 1 aromatic carbocycles. The minimum atomic E-state index is 0.232. The molecule has 0 aromatic heterocycles. The fourth-order valence-corrected chi connectivity index (χ4v) is 1.84. The highest BCUT2D eigenvalue weighted by atomic mass is 16.7. The monoisotopic (exact) mass is 238 g/mol. The van der Waals surface area contributed by atoms with E-state index in [4.69, 9.17) is 19.9 Å². The Kier molecular flexibility index (Phi) is 4.06. The van der Waals surface area contributed by atoms with Gasteiger partial charge in [0.1, 0.15) is 5.75 Å². The first-order chi connectivity index (χ1) is 8.31. The second-order valence-corrected chi connectivity index (χ2v) is 3.87. The van der Waals surface area contributed by atoms with E-state index in [0.29, 0.717) is 0 Å². The molecule has 94 valence electrons. The second kappa shape index (κ2) is 5.75. The number of nitrogen functional groups attached to an aromatic ring is 1. The molecule has 2 N–H and O–H groups in total. The Morgan fingerprint density at radius 3 is 2.76 bits per heavy atom. The summed E-state index contributed by atoms with van der Waals surface area (Å²) in [5.74, 6) is 0.723. The van der Waals surface area contributed by atoms with Crippen molar-refractivity contribution in [2.45, 2.75) is 0 Å². The molecule has 5 nitrogen and oxygen atoms in total. The number of nitrogens with zero attached hydrogens (tertiary/aromatic N) is 1. The molecule has 5 heteroatoms. The summed E-state index contributed by atoms with van der Waals surface area (Å²) in [4.78, 5) is 2.22. The van der Waals surface area contributed by atoms with Gasteiger partial charge in [-0.2, -0.15) is 0 Å². The highest BCUT2D eigenvalue weighted by Crippen LogP contribution is 2.28. The fourth-order valence-electron chi connectivity index (χ4n) is 1.84. The average Bonchev–Trinajstić information content (AvgIpc) is 2.37. The van der Waals surface area contributed by atoms with Gasteiger partial charge in [0, 0.05) is 26.3 Å². The van der Waals surface area contributed by atoms with Crippen LogP contribution in [0.25, 0.3) is 0 Å². The first-order valence-corrected chi connectivity index (χ1v) is 5.65. The lowest BCUT2D eigenvalue weighted by Gasteiger charge is -2.29. The van der Waals surface area contributed by atoms with E-state index in [0.717, 1.165) is 43.4 Å². The van der Waals surface area contributed by atoms with E-state index < -0.39 is 0 Å². The molecule has 0 bridgehead atoms. The topological polar surface area (TPSA) is 57.0 Å². The molecule has 0 saturated carbocycles. The number of anilines is 2. The summed E-state index contributed by atoms with van der Waals surface area (Å²) in [5.41, 5.74) is 7.78. The lowest BCUT2D eigenvalue weighted by molar-refractivity contribution is 0.0512. The summed E-state index contributed by atoms with van der Waals surface area (Å²) in [5, 5.41) is 0. The highest BCUT2D eigenvalue weighted by molar-refractivity contribution is 5.69. The van der Waals surface area contributed by atoms with Crippen molar-refractivity contribution in [2.24, 2.45) is 0 Å². The molecular weight excluding hydrogens is 220 g/mol. The second-order valence-electron chi connectivity index (χ2n) is 3.87. The van der Waals surface area contributed by atoms with E-state index in [9.17, 15) is 0 Å². The Labute approximate surface area is 101 Å². The van der Waals surface area contributed by atoms with Gasteiger partial charge in [0.15, 0.2) is 6.79 Å². The van der Waals surface area contributed by atoms with Crippen LogP contribution >= 0.6 is 0 Å². The third kappa shape index (κ3) is 3.01. The summed E-state index contributed by atoms with van der Waals surface area (Å²) in [6.07, 6.45) is 0. The average molecular weight is 238 g/mol. The van der Waals surface area contributed by atoms with Crippen LogP contribution in [-0.2, 0) is 9.47 Å². The fraction of sp³-hybridized carbons (Fsp3) is 0.500. The molecule has 1 aliphatic heterocycles. The number of methoxy groups -OCH3 is 1. The summed E-state index contributed by atoms with van der Waals surface area (Å²) in [7, 11) is 1.59. The van der Waals surface area contributed by atoms with E-state index >= 15 is 0 Å². The number of nitrogens with two attached hydrogens (primary N) is 1. The number of ether oxygens (including phenoxy) is 3. The van der Waals surface area contributed by atoms with Crippen LogP contribution in [0.15, 0.2) is 18.2 Å². The molecule has 0 atom stereocenters. The van der Waals surface area contributed by atoms with Gasteiger partial charge in [-0.1, -0.05) is 0 Å². The summed E-state index contributed by atoms with van der Waals surface area (Å²) >= 11 is 0. The van der Waals surface area contributed by atoms with Crippen LogP contribution < -0.4 is 15.4 Å². The molecule has 1 aliphatic rings. The zero-order chi connectivity index (χ0) is 12.1.